The number of nitro benzene ring substituents is 1. The van der Waals surface area contributed by atoms with Crippen molar-refractivity contribution >= 4 is 39.4 Å². The fourth-order valence-electron chi connectivity index (χ4n) is 3.21. The molecule has 0 aliphatic carbocycles. The average molecular weight is 509 g/mol. The minimum Gasteiger partial charge on any atom is -0.493 e. The van der Waals surface area contributed by atoms with Gasteiger partial charge >= 0.3 is 5.97 Å². The SMILES string of the molecule is COc1cc(/C=C2\C(=O)ON=C2c2ccccc2)cc(Br)c1OCc1ccc([N+](=O)[O-])cc1. The number of carbonyl (C=O) groups excluding carboxylic acids is 1. The zero-order valence-electron chi connectivity index (χ0n) is 17.4. The number of rotatable bonds is 7. The van der Waals surface area contributed by atoms with Gasteiger partial charge in [0.15, 0.2) is 11.5 Å². The molecule has 1 aliphatic heterocycles. The third-order valence-electron chi connectivity index (χ3n) is 4.84. The van der Waals surface area contributed by atoms with Gasteiger partial charge in [-0.05, 0) is 57.4 Å². The molecule has 4 rings (SSSR count). The molecule has 0 bridgehead atoms. The Morgan fingerprint density at radius 3 is 2.52 bits per heavy atom. The van der Waals surface area contributed by atoms with Crippen LogP contribution in [0.1, 0.15) is 16.7 Å². The Labute approximate surface area is 197 Å². The normalized spacial score (nSPS) is 14.1. The second kappa shape index (κ2) is 9.66. The van der Waals surface area contributed by atoms with Gasteiger partial charge in [0.25, 0.3) is 5.69 Å². The molecular weight excluding hydrogens is 492 g/mol. The largest absolute Gasteiger partial charge is 0.493 e. The minimum atomic E-state index is -0.539. The summed E-state index contributed by atoms with van der Waals surface area (Å²) in [6.45, 7) is 0.185. The molecule has 166 valence electrons. The molecule has 9 heteroatoms. The molecule has 0 atom stereocenters. The Bertz CT molecular complexity index is 1270. The maximum atomic E-state index is 12.3. The molecule has 3 aromatic carbocycles. The summed E-state index contributed by atoms with van der Waals surface area (Å²) in [6, 6.07) is 18.9. The third kappa shape index (κ3) is 4.93. The molecule has 1 heterocycles. The summed E-state index contributed by atoms with van der Waals surface area (Å²) in [4.78, 5) is 27.5. The van der Waals surface area contributed by atoms with E-state index in [1.54, 1.807) is 30.3 Å². The molecule has 0 radical (unpaired) electrons. The van der Waals surface area contributed by atoms with Gasteiger partial charge in [0, 0.05) is 17.7 Å². The number of benzene rings is 3. The number of ether oxygens (including phenoxy) is 2. The zero-order chi connectivity index (χ0) is 23.4. The van der Waals surface area contributed by atoms with Crippen LogP contribution in [0.15, 0.2) is 81.9 Å². The van der Waals surface area contributed by atoms with E-state index in [4.69, 9.17) is 14.3 Å². The number of non-ortho nitro benzene ring substituents is 1. The lowest BCUT2D eigenvalue weighted by atomic mass is 10.0. The Hall–Kier alpha value is -3.98. The quantitative estimate of drug-likeness (QED) is 0.186. The van der Waals surface area contributed by atoms with Crippen LogP contribution in [0.4, 0.5) is 5.69 Å². The highest BCUT2D eigenvalue weighted by Crippen LogP contribution is 2.38. The maximum Gasteiger partial charge on any atom is 0.368 e. The smallest absolute Gasteiger partial charge is 0.368 e. The summed E-state index contributed by atoms with van der Waals surface area (Å²) in [5.74, 6) is 0.370. The Morgan fingerprint density at radius 1 is 1.12 bits per heavy atom. The second-order valence-corrected chi connectivity index (χ2v) is 7.84. The molecule has 1 aliphatic rings. The van der Waals surface area contributed by atoms with Gasteiger partial charge in [-0.1, -0.05) is 35.5 Å². The standard InChI is InChI=1S/C24H17BrN2O6/c1-31-21-13-16(11-19-22(26-33-24(19)28)17-5-3-2-4-6-17)12-20(25)23(21)32-14-15-7-9-18(10-8-15)27(29)30/h2-13H,14H2,1H3/b19-11-. The van der Waals surface area contributed by atoms with Crippen molar-refractivity contribution in [3.8, 4) is 11.5 Å². The molecule has 33 heavy (non-hydrogen) atoms. The van der Waals surface area contributed by atoms with Crippen LogP contribution in [-0.4, -0.2) is 23.7 Å². The van der Waals surface area contributed by atoms with Crippen molar-refractivity contribution in [1.82, 2.24) is 0 Å². The molecule has 0 amide bonds. The lowest BCUT2D eigenvalue weighted by molar-refractivity contribution is -0.384. The summed E-state index contributed by atoms with van der Waals surface area (Å²) in [5.41, 5.74) is 3.00. The van der Waals surface area contributed by atoms with E-state index in [0.717, 1.165) is 11.1 Å². The first kappa shape index (κ1) is 22.2. The number of methoxy groups -OCH3 is 1. The van der Waals surface area contributed by atoms with Gasteiger partial charge in [-0.3, -0.25) is 10.1 Å². The monoisotopic (exact) mass is 508 g/mol. The Kier molecular flexibility index (Phi) is 6.50. The van der Waals surface area contributed by atoms with Crippen molar-refractivity contribution in [2.24, 2.45) is 5.16 Å². The highest BCUT2D eigenvalue weighted by molar-refractivity contribution is 9.10. The molecule has 0 fully saturated rings. The van der Waals surface area contributed by atoms with Crippen LogP contribution < -0.4 is 9.47 Å². The number of hydrogen-bond donors (Lipinski definition) is 0. The molecular formula is C24H17BrN2O6. The first-order chi connectivity index (χ1) is 16.0. The van der Waals surface area contributed by atoms with E-state index in [9.17, 15) is 14.9 Å². The van der Waals surface area contributed by atoms with E-state index in [0.29, 0.717) is 32.8 Å². The van der Waals surface area contributed by atoms with Gasteiger partial charge in [0.2, 0.25) is 0 Å². The summed E-state index contributed by atoms with van der Waals surface area (Å²) in [5, 5.41) is 14.7. The topological polar surface area (TPSA) is 100 Å². The van der Waals surface area contributed by atoms with Crippen LogP contribution >= 0.6 is 15.9 Å². The van der Waals surface area contributed by atoms with E-state index in [1.807, 2.05) is 30.3 Å². The van der Waals surface area contributed by atoms with Gasteiger partial charge in [-0.25, -0.2) is 4.79 Å². The minimum absolute atomic E-state index is 0.0127. The molecule has 0 spiro atoms. The lowest BCUT2D eigenvalue weighted by Gasteiger charge is -2.14. The average Bonchev–Trinajstić information content (AvgIpc) is 3.18. The summed E-state index contributed by atoms with van der Waals surface area (Å²) in [7, 11) is 1.51. The molecule has 8 nitrogen and oxygen atoms in total. The van der Waals surface area contributed by atoms with E-state index < -0.39 is 10.9 Å². The number of hydrogen-bond acceptors (Lipinski definition) is 7. The number of oxime groups is 1. The van der Waals surface area contributed by atoms with Gasteiger partial charge in [-0.2, -0.15) is 0 Å². The highest BCUT2D eigenvalue weighted by Gasteiger charge is 2.27. The maximum absolute atomic E-state index is 12.3. The van der Waals surface area contributed by atoms with E-state index in [1.165, 1.54) is 19.2 Å². The van der Waals surface area contributed by atoms with Crippen LogP contribution in [0.25, 0.3) is 6.08 Å². The molecule has 3 aromatic rings. The zero-order valence-corrected chi connectivity index (χ0v) is 18.9. The second-order valence-electron chi connectivity index (χ2n) is 6.99. The first-order valence-electron chi connectivity index (χ1n) is 9.76. The van der Waals surface area contributed by atoms with Crippen molar-refractivity contribution in [3.63, 3.8) is 0 Å². The number of halogens is 1. The molecule has 0 aromatic heterocycles. The fourth-order valence-corrected chi connectivity index (χ4v) is 3.79. The van der Waals surface area contributed by atoms with Crippen molar-refractivity contribution in [3.05, 3.63) is 104 Å². The highest BCUT2D eigenvalue weighted by atomic mass is 79.9. The molecule has 0 unspecified atom stereocenters. The lowest BCUT2D eigenvalue weighted by Crippen LogP contribution is -2.06. The van der Waals surface area contributed by atoms with Crippen molar-refractivity contribution in [2.45, 2.75) is 6.61 Å². The molecule has 0 saturated carbocycles. The van der Waals surface area contributed by atoms with Crippen molar-refractivity contribution in [1.29, 1.82) is 0 Å². The van der Waals surface area contributed by atoms with Crippen LogP contribution in [-0.2, 0) is 16.2 Å². The third-order valence-corrected chi connectivity index (χ3v) is 5.42. The number of nitro groups is 1. The fraction of sp³-hybridized carbons (Fsp3) is 0.0833. The van der Waals surface area contributed by atoms with E-state index >= 15 is 0 Å². The van der Waals surface area contributed by atoms with E-state index in [-0.39, 0.29) is 12.3 Å². The van der Waals surface area contributed by atoms with Gasteiger partial charge in [0.1, 0.15) is 12.3 Å². The first-order valence-corrected chi connectivity index (χ1v) is 10.6. The summed E-state index contributed by atoms with van der Waals surface area (Å²) >= 11 is 3.50. The van der Waals surface area contributed by atoms with Gasteiger partial charge in [-0.15, -0.1) is 0 Å². The van der Waals surface area contributed by atoms with E-state index in [2.05, 4.69) is 21.1 Å². The Morgan fingerprint density at radius 2 is 1.85 bits per heavy atom. The van der Waals surface area contributed by atoms with Crippen LogP contribution in [0.3, 0.4) is 0 Å². The van der Waals surface area contributed by atoms with Gasteiger partial charge in [0.05, 0.1) is 22.1 Å². The van der Waals surface area contributed by atoms with Crippen LogP contribution in [0.2, 0.25) is 0 Å². The van der Waals surface area contributed by atoms with Crippen LogP contribution in [0, 0.1) is 10.1 Å². The summed E-state index contributed by atoms with van der Waals surface area (Å²) in [6.07, 6.45) is 1.68. The number of nitrogens with zero attached hydrogens (tertiary/aromatic N) is 2. The predicted octanol–water partition coefficient (Wildman–Crippen LogP) is 5.29. The Balaban J connectivity index is 1.59. The van der Waals surface area contributed by atoms with Crippen molar-refractivity contribution in [2.75, 3.05) is 7.11 Å². The molecule has 0 N–H and O–H groups in total. The van der Waals surface area contributed by atoms with Gasteiger partial charge < -0.3 is 14.3 Å². The summed E-state index contributed by atoms with van der Waals surface area (Å²) < 4.78 is 12.0. The molecule has 0 saturated heterocycles. The van der Waals surface area contributed by atoms with Crippen molar-refractivity contribution < 1.29 is 24.0 Å². The number of carbonyl (C=O) groups is 1. The van der Waals surface area contributed by atoms with Crippen LogP contribution in [0.5, 0.6) is 11.5 Å². The predicted molar refractivity (Wildman–Crippen MR) is 125 cm³/mol.